The summed E-state index contributed by atoms with van der Waals surface area (Å²) in [4.78, 5) is 21.2. The van der Waals surface area contributed by atoms with Gasteiger partial charge in [0.1, 0.15) is 5.69 Å². The fraction of sp³-hybridized carbons (Fsp3) is 0.150. The van der Waals surface area contributed by atoms with Crippen molar-refractivity contribution in [2.24, 2.45) is 0 Å². The van der Waals surface area contributed by atoms with Crippen LogP contribution in [0.25, 0.3) is 17.3 Å². The van der Waals surface area contributed by atoms with E-state index in [2.05, 4.69) is 25.5 Å². The number of aryl methyl sites for hydroxylation is 1. The predicted octanol–water partition coefficient (Wildman–Crippen LogP) is 4.09. The standard InChI is InChI=1S/C20H17ClN6O2/c1-3-18-16(11-23-27(18)15-6-4-5-13(21)9-15)19(28)25-14-7-8-17(22-10-14)20-24-12(2)26-29-20/h4-11H,3H2,1-2H3,(H,25,28). The lowest BCUT2D eigenvalue weighted by Crippen LogP contribution is -2.14. The first-order valence-corrected chi connectivity index (χ1v) is 9.34. The maximum Gasteiger partial charge on any atom is 0.276 e. The number of pyridine rings is 1. The molecule has 0 spiro atoms. The van der Waals surface area contributed by atoms with Gasteiger partial charge in [-0.1, -0.05) is 29.7 Å². The van der Waals surface area contributed by atoms with Crippen molar-refractivity contribution in [2.45, 2.75) is 20.3 Å². The number of rotatable bonds is 5. The van der Waals surface area contributed by atoms with Gasteiger partial charge in [-0.25, -0.2) is 9.67 Å². The Bertz CT molecular complexity index is 1170. The average Bonchev–Trinajstić information content (AvgIpc) is 3.34. The summed E-state index contributed by atoms with van der Waals surface area (Å²) in [7, 11) is 0. The van der Waals surface area contributed by atoms with Gasteiger partial charge in [-0.3, -0.25) is 4.79 Å². The second kappa shape index (κ2) is 7.84. The van der Waals surface area contributed by atoms with Crippen LogP contribution < -0.4 is 5.32 Å². The van der Waals surface area contributed by atoms with Crippen molar-refractivity contribution in [3.8, 4) is 17.3 Å². The number of carbonyl (C=O) groups excluding carboxylic acids is 1. The second-order valence-corrected chi connectivity index (χ2v) is 6.72. The van der Waals surface area contributed by atoms with Gasteiger partial charge >= 0.3 is 0 Å². The van der Waals surface area contributed by atoms with Crippen LogP contribution in [0.3, 0.4) is 0 Å². The lowest BCUT2D eigenvalue weighted by atomic mass is 10.2. The quantitative estimate of drug-likeness (QED) is 0.534. The van der Waals surface area contributed by atoms with Crippen molar-refractivity contribution in [1.29, 1.82) is 0 Å². The van der Waals surface area contributed by atoms with Crippen LogP contribution in [0.15, 0.2) is 53.3 Å². The van der Waals surface area contributed by atoms with Gasteiger partial charge in [-0.15, -0.1) is 0 Å². The Kier molecular flexibility index (Phi) is 5.09. The van der Waals surface area contributed by atoms with E-state index >= 15 is 0 Å². The summed E-state index contributed by atoms with van der Waals surface area (Å²) >= 11 is 6.08. The largest absolute Gasteiger partial charge is 0.332 e. The number of benzene rings is 1. The molecule has 0 aliphatic heterocycles. The molecule has 0 aliphatic rings. The summed E-state index contributed by atoms with van der Waals surface area (Å²) in [6.45, 7) is 3.70. The molecule has 0 saturated heterocycles. The van der Waals surface area contributed by atoms with E-state index in [9.17, 15) is 4.79 Å². The number of aromatic nitrogens is 5. The molecule has 3 heterocycles. The molecule has 146 valence electrons. The minimum absolute atomic E-state index is 0.265. The van der Waals surface area contributed by atoms with Crippen molar-refractivity contribution >= 4 is 23.2 Å². The molecule has 0 radical (unpaired) electrons. The topological polar surface area (TPSA) is 98.7 Å². The van der Waals surface area contributed by atoms with E-state index in [1.165, 1.54) is 0 Å². The Morgan fingerprint density at radius 1 is 1.24 bits per heavy atom. The predicted molar refractivity (Wildman–Crippen MR) is 108 cm³/mol. The minimum atomic E-state index is -0.265. The lowest BCUT2D eigenvalue weighted by Gasteiger charge is -2.09. The Morgan fingerprint density at radius 3 is 2.76 bits per heavy atom. The fourth-order valence-corrected chi connectivity index (χ4v) is 3.11. The third-order valence-corrected chi connectivity index (χ3v) is 4.50. The number of hydrogen-bond donors (Lipinski definition) is 1. The van der Waals surface area contributed by atoms with Crippen molar-refractivity contribution < 1.29 is 9.32 Å². The molecule has 4 aromatic rings. The van der Waals surface area contributed by atoms with Gasteiger partial charge in [0.05, 0.1) is 35.0 Å². The molecule has 8 nitrogen and oxygen atoms in total. The molecule has 0 atom stereocenters. The second-order valence-electron chi connectivity index (χ2n) is 6.28. The Labute approximate surface area is 171 Å². The highest BCUT2D eigenvalue weighted by atomic mass is 35.5. The van der Waals surface area contributed by atoms with Crippen molar-refractivity contribution in [2.75, 3.05) is 5.32 Å². The van der Waals surface area contributed by atoms with Crippen LogP contribution >= 0.6 is 11.6 Å². The van der Waals surface area contributed by atoms with Crippen LogP contribution in [-0.2, 0) is 6.42 Å². The summed E-state index contributed by atoms with van der Waals surface area (Å²) in [6.07, 6.45) is 3.72. The first-order chi connectivity index (χ1) is 14.0. The van der Waals surface area contributed by atoms with E-state index in [-0.39, 0.29) is 5.91 Å². The van der Waals surface area contributed by atoms with Gasteiger partial charge in [0, 0.05) is 5.02 Å². The normalized spacial score (nSPS) is 10.9. The van der Waals surface area contributed by atoms with Crippen LogP contribution in [0, 0.1) is 6.92 Å². The van der Waals surface area contributed by atoms with Gasteiger partial charge in [-0.2, -0.15) is 10.1 Å². The highest BCUT2D eigenvalue weighted by Gasteiger charge is 2.18. The fourth-order valence-electron chi connectivity index (χ4n) is 2.93. The number of amides is 1. The maximum absolute atomic E-state index is 12.8. The van der Waals surface area contributed by atoms with Crippen LogP contribution in [0.1, 0.15) is 28.8 Å². The molecule has 0 unspecified atom stereocenters. The summed E-state index contributed by atoms with van der Waals surface area (Å²) in [5, 5.41) is 11.6. The zero-order valence-corrected chi connectivity index (χ0v) is 16.5. The monoisotopic (exact) mass is 408 g/mol. The van der Waals surface area contributed by atoms with E-state index < -0.39 is 0 Å². The number of carbonyl (C=O) groups is 1. The molecule has 0 fully saturated rings. The number of hydrogen-bond acceptors (Lipinski definition) is 6. The van der Waals surface area contributed by atoms with Gasteiger partial charge < -0.3 is 9.84 Å². The molecule has 29 heavy (non-hydrogen) atoms. The molecule has 0 saturated carbocycles. The zero-order chi connectivity index (χ0) is 20.4. The molecular weight excluding hydrogens is 392 g/mol. The van der Waals surface area contributed by atoms with Crippen LogP contribution in [0.5, 0.6) is 0 Å². The highest BCUT2D eigenvalue weighted by molar-refractivity contribution is 6.30. The molecule has 1 amide bonds. The van der Waals surface area contributed by atoms with Gasteiger partial charge in [0.25, 0.3) is 11.8 Å². The minimum Gasteiger partial charge on any atom is -0.332 e. The first kappa shape index (κ1) is 18.8. The van der Waals surface area contributed by atoms with Crippen LogP contribution in [0.4, 0.5) is 5.69 Å². The molecule has 0 aliphatic carbocycles. The molecular formula is C20H17ClN6O2. The molecule has 9 heteroatoms. The molecule has 1 N–H and O–H groups in total. The number of nitrogens with zero attached hydrogens (tertiary/aromatic N) is 5. The molecule has 1 aromatic carbocycles. The van der Waals surface area contributed by atoms with Gasteiger partial charge in [-0.05, 0) is 43.7 Å². The van der Waals surface area contributed by atoms with E-state index in [1.807, 2.05) is 19.1 Å². The van der Waals surface area contributed by atoms with E-state index in [1.54, 1.807) is 48.3 Å². The highest BCUT2D eigenvalue weighted by Crippen LogP contribution is 2.21. The van der Waals surface area contributed by atoms with Gasteiger partial charge in [0.2, 0.25) is 0 Å². The molecule has 3 aromatic heterocycles. The Morgan fingerprint density at radius 2 is 2.10 bits per heavy atom. The van der Waals surface area contributed by atoms with Crippen molar-refractivity contribution in [3.63, 3.8) is 0 Å². The van der Waals surface area contributed by atoms with E-state index in [0.717, 1.165) is 11.4 Å². The Hall–Kier alpha value is -3.52. The smallest absolute Gasteiger partial charge is 0.276 e. The number of halogens is 1. The van der Waals surface area contributed by atoms with Crippen molar-refractivity contribution in [1.82, 2.24) is 24.9 Å². The SMILES string of the molecule is CCc1c(C(=O)Nc2ccc(-c3nc(C)no3)nc2)cnn1-c1cccc(Cl)c1. The lowest BCUT2D eigenvalue weighted by molar-refractivity contribution is 0.102. The molecule has 4 rings (SSSR count). The van der Waals surface area contributed by atoms with E-state index in [0.29, 0.717) is 40.1 Å². The average molecular weight is 409 g/mol. The first-order valence-electron chi connectivity index (χ1n) is 8.96. The van der Waals surface area contributed by atoms with Crippen LogP contribution in [0.2, 0.25) is 5.02 Å². The number of anilines is 1. The zero-order valence-electron chi connectivity index (χ0n) is 15.8. The molecule has 0 bridgehead atoms. The van der Waals surface area contributed by atoms with Crippen LogP contribution in [-0.4, -0.2) is 30.8 Å². The summed E-state index contributed by atoms with van der Waals surface area (Å²) in [5.41, 5.74) is 3.16. The van der Waals surface area contributed by atoms with E-state index in [4.69, 9.17) is 16.1 Å². The maximum atomic E-state index is 12.8. The third-order valence-electron chi connectivity index (χ3n) is 4.27. The summed E-state index contributed by atoms with van der Waals surface area (Å²) < 4.78 is 6.81. The van der Waals surface area contributed by atoms with Crippen molar-refractivity contribution in [3.05, 3.63) is 70.9 Å². The third kappa shape index (κ3) is 3.88. The number of nitrogens with one attached hydrogen (secondary N) is 1. The summed E-state index contributed by atoms with van der Waals surface area (Å²) in [6, 6.07) is 10.8. The van der Waals surface area contributed by atoms with Gasteiger partial charge in [0.15, 0.2) is 5.82 Å². The summed E-state index contributed by atoms with van der Waals surface area (Å²) in [5.74, 6) is 0.595. The Balaban J connectivity index is 1.56.